The molecule has 1 saturated heterocycles. The van der Waals surface area contributed by atoms with E-state index in [9.17, 15) is 17.6 Å². The summed E-state index contributed by atoms with van der Waals surface area (Å²) in [6.07, 6.45) is -4.20. The van der Waals surface area contributed by atoms with Crippen molar-refractivity contribution in [2.75, 3.05) is 19.6 Å². The molecule has 1 aliphatic rings. The molecule has 1 aromatic heterocycles. The van der Waals surface area contributed by atoms with E-state index in [-0.39, 0.29) is 18.4 Å². The number of hydrogen-bond donors (Lipinski definition) is 0. The molecule has 0 spiro atoms. The van der Waals surface area contributed by atoms with E-state index in [2.05, 4.69) is 4.98 Å². The van der Waals surface area contributed by atoms with Gasteiger partial charge in [0.05, 0.1) is 0 Å². The molecule has 3 nitrogen and oxygen atoms in total. The molecule has 0 radical (unpaired) electrons. The minimum Gasteiger partial charge on any atom is -0.473 e. The van der Waals surface area contributed by atoms with Crippen LogP contribution in [0.3, 0.4) is 0 Å². The molecule has 0 aromatic carbocycles. The fourth-order valence-electron chi connectivity index (χ4n) is 2.23. The highest BCUT2D eigenvalue weighted by molar-refractivity contribution is 5.11. The van der Waals surface area contributed by atoms with Crippen LogP contribution in [-0.4, -0.2) is 41.8 Å². The maximum absolute atomic E-state index is 12.9. The van der Waals surface area contributed by atoms with E-state index in [4.69, 9.17) is 4.74 Å². The third-order valence-corrected chi connectivity index (χ3v) is 3.14. The minimum atomic E-state index is -4.10. The van der Waals surface area contributed by atoms with Gasteiger partial charge in [0.15, 0.2) is 0 Å². The van der Waals surface area contributed by atoms with Gasteiger partial charge in [-0.1, -0.05) is 6.07 Å². The summed E-state index contributed by atoms with van der Waals surface area (Å²) in [4.78, 5) is 5.53. The van der Waals surface area contributed by atoms with Gasteiger partial charge in [-0.3, -0.25) is 4.90 Å². The number of ether oxygens (including phenoxy) is 1. The van der Waals surface area contributed by atoms with Crippen LogP contribution >= 0.6 is 0 Å². The molecule has 2 rings (SSSR count). The number of halogens is 4. The van der Waals surface area contributed by atoms with Crippen LogP contribution < -0.4 is 4.74 Å². The van der Waals surface area contributed by atoms with Crippen LogP contribution in [-0.2, 0) is 0 Å². The van der Waals surface area contributed by atoms with Crippen molar-refractivity contribution in [3.63, 3.8) is 0 Å². The summed E-state index contributed by atoms with van der Waals surface area (Å²) in [5, 5.41) is 0. The zero-order valence-corrected chi connectivity index (χ0v) is 10.9. The minimum absolute atomic E-state index is 0.0917. The highest BCUT2D eigenvalue weighted by atomic mass is 19.4. The van der Waals surface area contributed by atoms with E-state index < -0.39 is 18.5 Å². The van der Waals surface area contributed by atoms with Gasteiger partial charge < -0.3 is 4.74 Å². The molecule has 20 heavy (non-hydrogen) atoms. The lowest BCUT2D eigenvalue weighted by atomic mass is 10.3. The van der Waals surface area contributed by atoms with Gasteiger partial charge in [0.25, 0.3) is 0 Å². The third kappa shape index (κ3) is 4.96. The van der Waals surface area contributed by atoms with Crippen molar-refractivity contribution >= 4 is 0 Å². The summed E-state index contributed by atoms with van der Waals surface area (Å²) in [5.74, 6) is -0.394. The summed E-state index contributed by atoms with van der Waals surface area (Å²) in [6, 6.07) is 4.30. The predicted molar refractivity (Wildman–Crippen MR) is 65.0 cm³/mol. The van der Waals surface area contributed by atoms with Gasteiger partial charge in [0.1, 0.15) is 6.10 Å². The van der Waals surface area contributed by atoms with Crippen molar-refractivity contribution in [3.05, 3.63) is 24.1 Å². The van der Waals surface area contributed by atoms with Crippen molar-refractivity contribution < 1.29 is 22.3 Å². The standard InChI is InChI=1S/C13H16F4N2O/c14-11-3-1-4-12(18-11)20-10-5-8-19(9-10)7-2-6-13(15,16)17/h1,3-4,10H,2,5-9H2. The molecular formula is C13H16F4N2O. The van der Waals surface area contributed by atoms with Crippen molar-refractivity contribution in [3.8, 4) is 5.88 Å². The third-order valence-electron chi connectivity index (χ3n) is 3.14. The van der Waals surface area contributed by atoms with E-state index in [1.807, 2.05) is 4.90 Å². The first-order valence-corrected chi connectivity index (χ1v) is 6.51. The topological polar surface area (TPSA) is 25.4 Å². The van der Waals surface area contributed by atoms with Crippen LogP contribution in [0.4, 0.5) is 17.6 Å². The summed E-state index contributed by atoms with van der Waals surface area (Å²) in [5.41, 5.74) is 0. The first kappa shape index (κ1) is 15.0. The Bertz CT molecular complexity index is 439. The van der Waals surface area contributed by atoms with Crippen LogP contribution in [0.5, 0.6) is 5.88 Å². The second kappa shape index (κ2) is 6.39. The Morgan fingerprint density at radius 1 is 1.35 bits per heavy atom. The van der Waals surface area contributed by atoms with Crippen molar-refractivity contribution in [1.82, 2.24) is 9.88 Å². The molecule has 2 heterocycles. The molecule has 0 N–H and O–H groups in total. The number of rotatable bonds is 5. The zero-order valence-electron chi connectivity index (χ0n) is 10.9. The average molecular weight is 292 g/mol. The Kier molecular flexibility index (Phi) is 4.80. The fraction of sp³-hybridized carbons (Fsp3) is 0.615. The molecule has 0 saturated carbocycles. The highest BCUT2D eigenvalue weighted by Gasteiger charge is 2.28. The van der Waals surface area contributed by atoms with Crippen molar-refractivity contribution in [2.24, 2.45) is 0 Å². The summed E-state index contributed by atoms with van der Waals surface area (Å²) in [7, 11) is 0. The number of hydrogen-bond acceptors (Lipinski definition) is 3. The van der Waals surface area contributed by atoms with Crippen LogP contribution in [0.2, 0.25) is 0 Å². The van der Waals surface area contributed by atoms with Crippen LogP contribution in [0, 0.1) is 5.95 Å². The molecule has 1 atom stereocenters. The number of pyridine rings is 1. The van der Waals surface area contributed by atoms with Gasteiger partial charge in [0.2, 0.25) is 11.8 Å². The maximum Gasteiger partial charge on any atom is 0.389 e. The Labute approximate surface area is 114 Å². The smallest absolute Gasteiger partial charge is 0.389 e. The second-order valence-electron chi connectivity index (χ2n) is 4.85. The van der Waals surface area contributed by atoms with Gasteiger partial charge in [-0.15, -0.1) is 0 Å². The molecule has 1 aliphatic heterocycles. The number of nitrogens with zero attached hydrogens (tertiary/aromatic N) is 2. The van der Waals surface area contributed by atoms with E-state index in [1.54, 1.807) is 6.07 Å². The van der Waals surface area contributed by atoms with Crippen LogP contribution in [0.15, 0.2) is 18.2 Å². The van der Waals surface area contributed by atoms with E-state index >= 15 is 0 Å². The quantitative estimate of drug-likeness (QED) is 0.616. The molecule has 0 aliphatic carbocycles. The molecule has 0 amide bonds. The first-order valence-electron chi connectivity index (χ1n) is 6.51. The molecule has 1 aromatic rings. The van der Waals surface area contributed by atoms with E-state index in [1.165, 1.54) is 12.1 Å². The zero-order chi connectivity index (χ0) is 14.6. The van der Waals surface area contributed by atoms with Gasteiger partial charge in [-0.25, -0.2) is 0 Å². The van der Waals surface area contributed by atoms with Crippen LogP contribution in [0.1, 0.15) is 19.3 Å². The molecule has 0 bridgehead atoms. The lowest BCUT2D eigenvalue weighted by molar-refractivity contribution is -0.136. The first-order chi connectivity index (χ1) is 9.42. The van der Waals surface area contributed by atoms with Crippen molar-refractivity contribution in [1.29, 1.82) is 0 Å². The van der Waals surface area contributed by atoms with Gasteiger partial charge in [-0.2, -0.15) is 22.5 Å². The van der Waals surface area contributed by atoms with Gasteiger partial charge in [0, 0.05) is 25.6 Å². The van der Waals surface area contributed by atoms with Crippen LogP contribution in [0.25, 0.3) is 0 Å². The lowest BCUT2D eigenvalue weighted by Crippen LogP contribution is -2.26. The largest absolute Gasteiger partial charge is 0.473 e. The van der Waals surface area contributed by atoms with E-state index in [0.717, 1.165) is 0 Å². The predicted octanol–water partition coefficient (Wildman–Crippen LogP) is 3.02. The van der Waals surface area contributed by atoms with Gasteiger partial charge in [-0.05, 0) is 25.5 Å². The number of alkyl halides is 3. The van der Waals surface area contributed by atoms with E-state index in [0.29, 0.717) is 26.1 Å². The lowest BCUT2D eigenvalue weighted by Gasteiger charge is -2.16. The second-order valence-corrected chi connectivity index (χ2v) is 4.85. The average Bonchev–Trinajstić information content (AvgIpc) is 2.75. The number of aromatic nitrogens is 1. The monoisotopic (exact) mass is 292 g/mol. The molecule has 1 fully saturated rings. The summed E-state index contributed by atoms with van der Waals surface area (Å²) < 4.78 is 54.5. The molecular weight excluding hydrogens is 276 g/mol. The van der Waals surface area contributed by atoms with Gasteiger partial charge >= 0.3 is 6.18 Å². The SMILES string of the molecule is Fc1cccc(OC2CCN(CCCC(F)(F)F)C2)n1. The highest BCUT2D eigenvalue weighted by Crippen LogP contribution is 2.22. The fourth-order valence-corrected chi connectivity index (χ4v) is 2.23. The molecule has 1 unspecified atom stereocenters. The summed E-state index contributed by atoms with van der Waals surface area (Å²) >= 11 is 0. The van der Waals surface area contributed by atoms with Crippen molar-refractivity contribution in [2.45, 2.75) is 31.5 Å². The Hall–Kier alpha value is -1.37. The maximum atomic E-state index is 12.9. The Morgan fingerprint density at radius 3 is 2.85 bits per heavy atom. The number of likely N-dealkylation sites (tertiary alicyclic amines) is 1. The Balaban J connectivity index is 1.72. The summed E-state index contributed by atoms with van der Waals surface area (Å²) in [6.45, 7) is 1.64. The molecule has 112 valence electrons. The molecule has 7 heteroatoms. The normalized spacial score (nSPS) is 20.3. The Morgan fingerprint density at radius 2 is 2.15 bits per heavy atom.